The van der Waals surface area contributed by atoms with Crippen LogP contribution in [0.25, 0.3) is 5.69 Å². The number of aliphatic hydroxyl groups excluding tert-OH is 1. The molecule has 2 N–H and O–H groups in total. The molecule has 1 amide bonds. The molecule has 0 spiro atoms. The number of halogens is 1. The highest BCUT2D eigenvalue weighted by atomic mass is 35.5. The molecule has 0 saturated heterocycles. The number of aliphatic hydroxyl groups is 1. The molecule has 1 aromatic heterocycles. The van der Waals surface area contributed by atoms with Crippen LogP contribution in [0.15, 0.2) is 24.3 Å². The Morgan fingerprint density at radius 2 is 2.23 bits per heavy atom. The van der Waals surface area contributed by atoms with Crippen molar-refractivity contribution in [3.63, 3.8) is 0 Å². The minimum Gasteiger partial charge on any atom is -0.396 e. The van der Waals surface area contributed by atoms with Crippen LogP contribution in [0, 0.1) is 6.92 Å². The fourth-order valence-electron chi connectivity index (χ4n) is 2.07. The van der Waals surface area contributed by atoms with Gasteiger partial charge in [0.15, 0.2) is 5.69 Å². The Labute approximate surface area is 134 Å². The fraction of sp³-hybridized carbons (Fsp3) is 0.400. The van der Waals surface area contributed by atoms with Gasteiger partial charge in [0, 0.05) is 17.7 Å². The van der Waals surface area contributed by atoms with Gasteiger partial charge in [-0.3, -0.25) is 4.79 Å². The Bertz CT molecular complexity index is 657. The van der Waals surface area contributed by atoms with E-state index in [2.05, 4.69) is 15.5 Å². The zero-order chi connectivity index (χ0) is 16.1. The van der Waals surface area contributed by atoms with E-state index in [0.29, 0.717) is 29.2 Å². The van der Waals surface area contributed by atoms with E-state index in [1.54, 1.807) is 25.1 Å². The van der Waals surface area contributed by atoms with Crippen molar-refractivity contribution in [3.8, 4) is 5.69 Å². The normalized spacial score (nSPS) is 12.2. The Morgan fingerprint density at radius 3 is 2.91 bits per heavy atom. The van der Waals surface area contributed by atoms with Gasteiger partial charge in [-0.05, 0) is 44.9 Å². The molecule has 1 aromatic carbocycles. The van der Waals surface area contributed by atoms with Gasteiger partial charge >= 0.3 is 0 Å². The molecule has 1 heterocycles. The maximum Gasteiger partial charge on any atom is 0.273 e. The number of nitrogens with zero attached hydrogens (tertiary/aromatic N) is 3. The van der Waals surface area contributed by atoms with Crippen molar-refractivity contribution in [1.29, 1.82) is 0 Å². The average Bonchev–Trinajstić information content (AvgIpc) is 2.87. The third-order valence-electron chi connectivity index (χ3n) is 3.21. The molecule has 0 fully saturated rings. The summed E-state index contributed by atoms with van der Waals surface area (Å²) in [7, 11) is 0. The molecule has 2 aromatic rings. The van der Waals surface area contributed by atoms with Crippen molar-refractivity contribution in [3.05, 3.63) is 40.7 Å². The molecule has 0 aliphatic heterocycles. The number of hydrogen-bond acceptors (Lipinski definition) is 4. The van der Waals surface area contributed by atoms with Crippen LogP contribution in [0.1, 0.15) is 35.9 Å². The fourth-order valence-corrected chi connectivity index (χ4v) is 2.25. The Kier molecular flexibility index (Phi) is 5.51. The summed E-state index contributed by atoms with van der Waals surface area (Å²) in [5.41, 5.74) is 1.53. The number of nitrogens with one attached hydrogen (secondary N) is 1. The highest BCUT2D eigenvalue weighted by Crippen LogP contribution is 2.14. The summed E-state index contributed by atoms with van der Waals surface area (Å²) in [5, 5.41) is 20.7. The summed E-state index contributed by atoms with van der Waals surface area (Å²) in [4.78, 5) is 13.6. The van der Waals surface area contributed by atoms with Gasteiger partial charge < -0.3 is 10.4 Å². The van der Waals surface area contributed by atoms with Crippen LogP contribution in [-0.2, 0) is 0 Å². The van der Waals surface area contributed by atoms with E-state index in [4.69, 9.17) is 16.7 Å². The molecular weight excluding hydrogens is 304 g/mol. The smallest absolute Gasteiger partial charge is 0.273 e. The van der Waals surface area contributed by atoms with Gasteiger partial charge in [-0.15, -0.1) is 5.10 Å². The Hall–Kier alpha value is -1.92. The van der Waals surface area contributed by atoms with Gasteiger partial charge in [0.2, 0.25) is 0 Å². The van der Waals surface area contributed by atoms with Crippen molar-refractivity contribution < 1.29 is 9.90 Å². The lowest BCUT2D eigenvalue weighted by Gasteiger charge is -2.11. The number of benzene rings is 1. The van der Waals surface area contributed by atoms with Gasteiger partial charge in [-0.2, -0.15) is 9.90 Å². The van der Waals surface area contributed by atoms with Crippen molar-refractivity contribution in [1.82, 2.24) is 20.3 Å². The summed E-state index contributed by atoms with van der Waals surface area (Å²) >= 11 is 5.95. The van der Waals surface area contributed by atoms with Crippen molar-refractivity contribution in [2.45, 2.75) is 32.7 Å². The molecule has 1 unspecified atom stereocenters. The lowest BCUT2D eigenvalue weighted by molar-refractivity contribution is 0.0930. The van der Waals surface area contributed by atoms with Crippen LogP contribution in [0.5, 0.6) is 0 Å². The van der Waals surface area contributed by atoms with Crippen LogP contribution in [-0.4, -0.2) is 38.7 Å². The summed E-state index contributed by atoms with van der Waals surface area (Å²) in [5.74, 6) is -0.267. The first kappa shape index (κ1) is 16.5. The summed E-state index contributed by atoms with van der Waals surface area (Å²) < 4.78 is 0. The molecule has 0 saturated carbocycles. The van der Waals surface area contributed by atoms with Gasteiger partial charge in [0.1, 0.15) is 0 Å². The zero-order valence-corrected chi connectivity index (χ0v) is 13.3. The molecule has 1 atom stereocenters. The average molecular weight is 323 g/mol. The maximum atomic E-state index is 12.2. The summed E-state index contributed by atoms with van der Waals surface area (Å²) in [6.07, 6.45) is 1.36. The quantitative estimate of drug-likeness (QED) is 0.853. The van der Waals surface area contributed by atoms with E-state index in [-0.39, 0.29) is 24.2 Å². The molecule has 2 rings (SSSR count). The number of amides is 1. The highest BCUT2D eigenvalue weighted by Gasteiger charge is 2.18. The molecule has 0 radical (unpaired) electrons. The molecule has 0 bridgehead atoms. The first-order chi connectivity index (χ1) is 10.5. The van der Waals surface area contributed by atoms with Crippen LogP contribution in [0.4, 0.5) is 0 Å². The first-order valence-electron chi connectivity index (χ1n) is 7.13. The summed E-state index contributed by atoms with van der Waals surface area (Å²) in [6, 6.07) is 7.07. The third-order valence-corrected chi connectivity index (χ3v) is 3.44. The van der Waals surface area contributed by atoms with E-state index in [9.17, 15) is 4.79 Å². The van der Waals surface area contributed by atoms with Crippen molar-refractivity contribution >= 4 is 17.5 Å². The number of aromatic nitrogens is 3. The molecule has 7 heteroatoms. The van der Waals surface area contributed by atoms with E-state index < -0.39 is 0 Å². The third kappa shape index (κ3) is 4.05. The molecule has 22 heavy (non-hydrogen) atoms. The first-order valence-corrected chi connectivity index (χ1v) is 7.50. The van der Waals surface area contributed by atoms with Crippen molar-refractivity contribution in [2.75, 3.05) is 6.61 Å². The molecule has 0 aliphatic rings. The minimum atomic E-state index is -0.267. The van der Waals surface area contributed by atoms with E-state index in [1.165, 1.54) is 4.80 Å². The standard InChI is InChI=1S/C15H19ClN4O2/c1-10(5-4-8-21)17-15(22)14-11(2)18-20(19-14)13-7-3-6-12(16)9-13/h3,6-7,9-10,21H,4-5,8H2,1-2H3,(H,17,22). The predicted molar refractivity (Wildman–Crippen MR) is 84.4 cm³/mol. The number of aryl methyl sites for hydroxylation is 1. The van der Waals surface area contributed by atoms with E-state index >= 15 is 0 Å². The molecular formula is C15H19ClN4O2. The van der Waals surface area contributed by atoms with E-state index in [0.717, 1.165) is 0 Å². The van der Waals surface area contributed by atoms with Crippen molar-refractivity contribution in [2.24, 2.45) is 0 Å². The van der Waals surface area contributed by atoms with Gasteiger partial charge in [-0.1, -0.05) is 17.7 Å². The second-order valence-electron chi connectivity index (χ2n) is 5.14. The zero-order valence-electron chi connectivity index (χ0n) is 12.6. The molecule has 0 aliphatic carbocycles. The lowest BCUT2D eigenvalue weighted by Crippen LogP contribution is -2.33. The van der Waals surface area contributed by atoms with Gasteiger partial charge in [0.05, 0.1) is 11.4 Å². The number of rotatable bonds is 6. The topological polar surface area (TPSA) is 80.0 Å². The van der Waals surface area contributed by atoms with Gasteiger partial charge in [-0.25, -0.2) is 0 Å². The second kappa shape index (κ2) is 7.38. The lowest BCUT2D eigenvalue weighted by atomic mass is 10.2. The predicted octanol–water partition coefficient (Wildman–Crippen LogP) is 2.12. The number of hydrogen-bond donors (Lipinski definition) is 2. The largest absolute Gasteiger partial charge is 0.396 e. The Morgan fingerprint density at radius 1 is 1.45 bits per heavy atom. The van der Waals surface area contributed by atoms with Crippen LogP contribution in [0.3, 0.4) is 0 Å². The highest BCUT2D eigenvalue weighted by molar-refractivity contribution is 6.30. The molecule has 118 valence electrons. The van der Waals surface area contributed by atoms with Crippen LogP contribution >= 0.6 is 11.6 Å². The minimum absolute atomic E-state index is 0.0321. The SMILES string of the molecule is Cc1nn(-c2cccc(Cl)c2)nc1C(=O)NC(C)CCCO. The monoisotopic (exact) mass is 322 g/mol. The molecule has 6 nitrogen and oxygen atoms in total. The maximum absolute atomic E-state index is 12.2. The Balaban J connectivity index is 2.14. The number of carbonyl (C=O) groups excluding carboxylic acids is 1. The van der Waals surface area contributed by atoms with Crippen LogP contribution in [0.2, 0.25) is 5.02 Å². The van der Waals surface area contributed by atoms with E-state index in [1.807, 2.05) is 13.0 Å². The van der Waals surface area contributed by atoms with Gasteiger partial charge in [0.25, 0.3) is 5.91 Å². The number of carbonyl (C=O) groups is 1. The summed E-state index contributed by atoms with van der Waals surface area (Å²) in [6.45, 7) is 3.75. The second-order valence-corrected chi connectivity index (χ2v) is 5.58. The van der Waals surface area contributed by atoms with Crippen LogP contribution < -0.4 is 5.32 Å².